The lowest BCUT2D eigenvalue weighted by molar-refractivity contribution is -0.126. The average Bonchev–Trinajstić information content (AvgIpc) is 3.16. The molecule has 0 aliphatic carbocycles. The molecular weight excluding hydrogens is 300 g/mol. The molecule has 1 aliphatic rings. The van der Waals surface area contributed by atoms with E-state index < -0.39 is 0 Å². The molecule has 1 aliphatic heterocycles. The fourth-order valence-electron chi connectivity index (χ4n) is 2.47. The summed E-state index contributed by atoms with van der Waals surface area (Å²) in [7, 11) is 1.86. The number of carbonyl (C=O) groups excluding carboxylic acids is 1. The first-order valence-corrected chi connectivity index (χ1v) is 7.55. The van der Waals surface area contributed by atoms with E-state index in [0.29, 0.717) is 26.3 Å². The first-order chi connectivity index (χ1) is 11.2. The number of aryl methyl sites for hydroxylation is 1. The number of amides is 1. The Labute approximate surface area is 133 Å². The van der Waals surface area contributed by atoms with Crippen LogP contribution >= 0.6 is 0 Å². The number of aromatic nitrogens is 5. The van der Waals surface area contributed by atoms with Crippen LogP contribution in [0.2, 0.25) is 0 Å². The van der Waals surface area contributed by atoms with Crippen molar-refractivity contribution >= 4 is 5.91 Å². The molecule has 2 aromatic rings. The lowest BCUT2D eigenvalue weighted by Gasteiger charge is -2.24. The number of nitrogens with zero attached hydrogens (tertiary/aromatic N) is 5. The molecule has 0 bridgehead atoms. The Hall–Kier alpha value is -2.26. The molecule has 124 valence electrons. The molecule has 0 aromatic carbocycles. The Morgan fingerprint density at radius 2 is 2.43 bits per heavy atom. The molecule has 0 saturated heterocycles. The SMILES string of the molecule is CCOCC(=O)NC[C@@H]1Cn2nnc(-c3ccnn3C)c2CO1. The maximum Gasteiger partial charge on any atom is 0.246 e. The number of rotatable bonds is 6. The van der Waals surface area contributed by atoms with Crippen molar-refractivity contribution in [2.75, 3.05) is 19.8 Å². The van der Waals surface area contributed by atoms with Gasteiger partial charge in [0.1, 0.15) is 12.3 Å². The highest BCUT2D eigenvalue weighted by atomic mass is 16.5. The maximum absolute atomic E-state index is 11.6. The largest absolute Gasteiger partial charge is 0.372 e. The molecule has 0 fully saturated rings. The quantitative estimate of drug-likeness (QED) is 0.787. The number of hydrogen-bond acceptors (Lipinski definition) is 6. The van der Waals surface area contributed by atoms with Gasteiger partial charge in [0.2, 0.25) is 5.91 Å². The molecule has 0 spiro atoms. The fraction of sp³-hybridized carbons (Fsp3) is 0.571. The lowest BCUT2D eigenvalue weighted by Crippen LogP contribution is -2.40. The second kappa shape index (κ2) is 6.88. The second-order valence-corrected chi connectivity index (χ2v) is 5.28. The van der Waals surface area contributed by atoms with Crippen LogP contribution in [0.25, 0.3) is 11.4 Å². The minimum absolute atomic E-state index is 0.0719. The molecule has 3 heterocycles. The van der Waals surface area contributed by atoms with Gasteiger partial charge in [-0.1, -0.05) is 5.21 Å². The lowest BCUT2D eigenvalue weighted by atomic mass is 10.2. The van der Waals surface area contributed by atoms with Gasteiger partial charge in [0.05, 0.1) is 30.6 Å². The summed E-state index contributed by atoms with van der Waals surface area (Å²) in [4.78, 5) is 11.6. The van der Waals surface area contributed by atoms with Crippen LogP contribution in [0.5, 0.6) is 0 Å². The third kappa shape index (κ3) is 3.40. The van der Waals surface area contributed by atoms with Crippen molar-refractivity contribution in [3.05, 3.63) is 18.0 Å². The number of nitrogens with one attached hydrogen (secondary N) is 1. The van der Waals surface area contributed by atoms with E-state index in [1.165, 1.54) is 0 Å². The molecule has 9 nitrogen and oxygen atoms in total. The van der Waals surface area contributed by atoms with Gasteiger partial charge in [0.25, 0.3) is 0 Å². The third-order valence-electron chi connectivity index (χ3n) is 3.70. The van der Waals surface area contributed by atoms with E-state index in [2.05, 4.69) is 20.7 Å². The summed E-state index contributed by atoms with van der Waals surface area (Å²) in [6, 6.07) is 1.89. The Morgan fingerprint density at radius 1 is 1.57 bits per heavy atom. The zero-order valence-electron chi connectivity index (χ0n) is 13.2. The van der Waals surface area contributed by atoms with Gasteiger partial charge in [-0.25, -0.2) is 4.68 Å². The van der Waals surface area contributed by atoms with Crippen LogP contribution in [-0.2, 0) is 34.5 Å². The minimum atomic E-state index is -0.143. The Kier molecular flexibility index (Phi) is 4.68. The van der Waals surface area contributed by atoms with Crippen molar-refractivity contribution in [2.45, 2.75) is 26.2 Å². The normalized spacial score (nSPS) is 17.0. The summed E-state index contributed by atoms with van der Waals surface area (Å²) < 4.78 is 14.4. The van der Waals surface area contributed by atoms with Gasteiger partial charge in [-0.2, -0.15) is 5.10 Å². The third-order valence-corrected chi connectivity index (χ3v) is 3.70. The molecule has 0 saturated carbocycles. The molecule has 1 atom stereocenters. The summed E-state index contributed by atoms with van der Waals surface area (Å²) in [5.74, 6) is -0.143. The number of fused-ring (bicyclic) bond motifs is 1. The van der Waals surface area contributed by atoms with E-state index in [-0.39, 0.29) is 18.6 Å². The van der Waals surface area contributed by atoms with E-state index in [1.807, 2.05) is 24.7 Å². The van der Waals surface area contributed by atoms with Crippen LogP contribution in [0.15, 0.2) is 12.3 Å². The minimum Gasteiger partial charge on any atom is -0.372 e. The average molecular weight is 320 g/mol. The molecule has 0 radical (unpaired) electrons. The Morgan fingerprint density at radius 3 is 3.17 bits per heavy atom. The van der Waals surface area contributed by atoms with Gasteiger partial charge in [-0.05, 0) is 13.0 Å². The van der Waals surface area contributed by atoms with Crippen LogP contribution in [0, 0.1) is 0 Å². The van der Waals surface area contributed by atoms with Crippen LogP contribution in [0.4, 0.5) is 0 Å². The zero-order chi connectivity index (χ0) is 16.2. The predicted molar refractivity (Wildman–Crippen MR) is 80.3 cm³/mol. The van der Waals surface area contributed by atoms with Crippen molar-refractivity contribution in [1.82, 2.24) is 30.1 Å². The Bertz CT molecular complexity index is 680. The van der Waals surface area contributed by atoms with Gasteiger partial charge < -0.3 is 14.8 Å². The number of carbonyl (C=O) groups is 1. The first-order valence-electron chi connectivity index (χ1n) is 7.55. The van der Waals surface area contributed by atoms with Gasteiger partial charge in [-0.3, -0.25) is 9.48 Å². The second-order valence-electron chi connectivity index (χ2n) is 5.28. The van der Waals surface area contributed by atoms with Crippen molar-refractivity contribution < 1.29 is 14.3 Å². The van der Waals surface area contributed by atoms with E-state index >= 15 is 0 Å². The molecule has 23 heavy (non-hydrogen) atoms. The first kappa shape index (κ1) is 15.6. The van der Waals surface area contributed by atoms with Gasteiger partial charge in [-0.15, -0.1) is 5.10 Å². The molecule has 1 amide bonds. The van der Waals surface area contributed by atoms with E-state index in [1.54, 1.807) is 10.9 Å². The highest BCUT2D eigenvalue weighted by molar-refractivity contribution is 5.77. The monoisotopic (exact) mass is 320 g/mol. The standard InChI is InChI=1S/C14H20N6O3/c1-3-22-9-13(21)15-6-10-7-20-12(8-23-10)14(17-18-20)11-4-5-16-19(11)2/h4-5,10H,3,6-9H2,1-2H3,(H,15,21)/t10-/m1/s1. The highest BCUT2D eigenvalue weighted by Crippen LogP contribution is 2.24. The molecule has 1 N–H and O–H groups in total. The van der Waals surface area contributed by atoms with E-state index in [0.717, 1.165) is 17.1 Å². The summed E-state index contributed by atoms with van der Waals surface area (Å²) in [6.45, 7) is 3.82. The maximum atomic E-state index is 11.6. The van der Waals surface area contributed by atoms with Crippen molar-refractivity contribution in [3.63, 3.8) is 0 Å². The summed E-state index contributed by atoms with van der Waals surface area (Å²) in [5, 5.41) is 15.4. The van der Waals surface area contributed by atoms with Gasteiger partial charge in [0, 0.05) is 26.4 Å². The molecule has 0 unspecified atom stereocenters. The van der Waals surface area contributed by atoms with Crippen molar-refractivity contribution in [1.29, 1.82) is 0 Å². The highest BCUT2D eigenvalue weighted by Gasteiger charge is 2.25. The van der Waals surface area contributed by atoms with Gasteiger partial charge in [0.15, 0.2) is 0 Å². The van der Waals surface area contributed by atoms with Crippen LogP contribution in [-0.4, -0.2) is 56.5 Å². The fourth-order valence-corrected chi connectivity index (χ4v) is 2.47. The topological polar surface area (TPSA) is 96.1 Å². The molecule has 9 heteroatoms. The summed E-state index contributed by atoms with van der Waals surface area (Å²) >= 11 is 0. The molecule has 2 aromatic heterocycles. The van der Waals surface area contributed by atoms with Crippen LogP contribution in [0.3, 0.4) is 0 Å². The zero-order valence-corrected chi connectivity index (χ0v) is 13.2. The molecule has 3 rings (SSSR count). The van der Waals surface area contributed by atoms with E-state index in [4.69, 9.17) is 9.47 Å². The summed E-state index contributed by atoms with van der Waals surface area (Å²) in [5.41, 5.74) is 2.60. The predicted octanol–water partition coefficient (Wildman–Crippen LogP) is -0.270. The van der Waals surface area contributed by atoms with Gasteiger partial charge >= 0.3 is 0 Å². The number of ether oxygens (including phenoxy) is 2. The Balaban J connectivity index is 1.61. The van der Waals surface area contributed by atoms with Crippen LogP contribution in [0.1, 0.15) is 12.6 Å². The number of hydrogen-bond donors (Lipinski definition) is 1. The van der Waals surface area contributed by atoms with E-state index in [9.17, 15) is 4.79 Å². The molecular formula is C14H20N6O3. The smallest absolute Gasteiger partial charge is 0.246 e. The summed E-state index contributed by atoms with van der Waals surface area (Å²) in [6.07, 6.45) is 1.59. The van der Waals surface area contributed by atoms with Crippen LogP contribution < -0.4 is 5.32 Å². The van der Waals surface area contributed by atoms with Crippen molar-refractivity contribution in [2.24, 2.45) is 7.05 Å². The van der Waals surface area contributed by atoms with Crippen molar-refractivity contribution in [3.8, 4) is 11.4 Å².